The molecule has 3 aromatic rings. The third-order valence-electron chi connectivity index (χ3n) is 4.81. The van der Waals surface area contributed by atoms with Crippen LogP contribution in [0.5, 0.6) is 0 Å². The normalized spacial score (nSPS) is 16.3. The second kappa shape index (κ2) is 7.46. The van der Waals surface area contributed by atoms with Crippen LogP contribution in [0.2, 0.25) is 0 Å². The fraction of sp³-hybridized carbons (Fsp3) is 0.316. The van der Waals surface area contributed by atoms with E-state index in [0.29, 0.717) is 11.1 Å². The zero-order chi connectivity index (χ0) is 19.0. The van der Waals surface area contributed by atoms with E-state index in [1.54, 1.807) is 15.9 Å². The Hall–Kier alpha value is -2.16. The second-order valence-electron chi connectivity index (χ2n) is 6.76. The van der Waals surface area contributed by atoms with E-state index in [2.05, 4.69) is 12.3 Å². The van der Waals surface area contributed by atoms with Crippen molar-refractivity contribution in [1.29, 1.82) is 0 Å². The van der Waals surface area contributed by atoms with Crippen molar-refractivity contribution in [3.8, 4) is 5.69 Å². The molecule has 0 spiro atoms. The molecule has 1 amide bonds. The molecule has 1 atom stereocenters. The Morgan fingerprint density at radius 3 is 2.93 bits per heavy atom. The molecule has 6 nitrogen and oxygen atoms in total. The highest BCUT2D eigenvalue weighted by atomic mass is 32.2. The van der Waals surface area contributed by atoms with Gasteiger partial charge in [0.05, 0.1) is 16.8 Å². The minimum atomic E-state index is -0.312. The van der Waals surface area contributed by atoms with Gasteiger partial charge in [0.1, 0.15) is 4.83 Å². The number of aromatic nitrogens is 2. The molecule has 0 bridgehead atoms. The monoisotopic (exact) mass is 400 g/mol. The molecule has 1 unspecified atom stereocenters. The zero-order valence-corrected chi connectivity index (χ0v) is 16.5. The maximum atomic E-state index is 13.5. The molecule has 8 heteroatoms. The molecule has 27 heavy (non-hydrogen) atoms. The predicted molar refractivity (Wildman–Crippen MR) is 109 cm³/mol. The fourth-order valence-electron chi connectivity index (χ4n) is 3.44. The number of hydrogen-bond donors (Lipinski definition) is 2. The van der Waals surface area contributed by atoms with E-state index >= 15 is 0 Å². The van der Waals surface area contributed by atoms with Crippen LogP contribution in [0.1, 0.15) is 23.8 Å². The Balaban J connectivity index is 1.92. The van der Waals surface area contributed by atoms with Crippen LogP contribution < -0.4 is 16.8 Å². The number of thioether (sulfide) groups is 1. The van der Waals surface area contributed by atoms with E-state index in [-0.39, 0.29) is 17.2 Å². The van der Waals surface area contributed by atoms with E-state index in [4.69, 9.17) is 10.8 Å². The highest BCUT2D eigenvalue weighted by Gasteiger charge is 2.25. The quantitative estimate of drug-likeness (QED) is 0.231. The Bertz CT molecular complexity index is 1060. The molecule has 3 N–H and O–H groups in total. The Morgan fingerprint density at radius 1 is 1.41 bits per heavy atom. The largest absolute Gasteiger partial charge is 0.294 e. The summed E-state index contributed by atoms with van der Waals surface area (Å²) in [6, 6.07) is 9.43. The lowest BCUT2D eigenvalue weighted by atomic mass is 9.89. The number of thiophene rings is 1. The van der Waals surface area contributed by atoms with Crippen LogP contribution in [0, 0.1) is 5.92 Å². The van der Waals surface area contributed by atoms with Gasteiger partial charge in [-0.3, -0.25) is 19.6 Å². The first-order valence-corrected chi connectivity index (χ1v) is 10.6. The summed E-state index contributed by atoms with van der Waals surface area (Å²) < 4.78 is 1.61. The van der Waals surface area contributed by atoms with Gasteiger partial charge in [-0.25, -0.2) is 10.8 Å². The summed E-state index contributed by atoms with van der Waals surface area (Å²) in [6.45, 7) is 2.25. The van der Waals surface area contributed by atoms with E-state index in [1.807, 2.05) is 30.3 Å². The number of benzene rings is 1. The summed E-state index contributed by atoms with van der Waals surface area (Å²) in [4.78, 5) is 31.9. The summed E-state index contributed by atoms with van der Waals surface area (Å²) >= 11 is 2.83. The summed E-state index contributed by atoms with van der Waals surface area (Å²) in [7, 11) is 0. The molecule has 2 aromatic heterocycles. The standard InChI is InChI=1S/C19H20N4O2S2/c1-11-7-8-13-14(9-11)27-17-16(13)18(25)23(12-5-3-2-4-6-12)19(21-17)26-10-15(24)22-20/h2-6,11H,7-10,20H2,1H3,(H,22,24). The SMILES string of the molecule is CC1CCc2c(sc3nc(SCC(=O)NN)n(-c4ccccc4)c(=O)c23)C1. The van der Waals surface area contributed by atoms with Gasteiger partial charge in [0.2, 0.25) is 5.91 Å². The minimum absolute atomic E-state index is 0.0612. The molecule has 140 valence electrons. The van der Waals surface area contributed by atoms with Crippen LogP contribution in [-0.4, -0.2) is 21.2 Å². The van der Waals surface area contributed by atoms with Crippen molar-refractivity contribution in [2.75, 3.05) is 5.75 Å². The highest BCUT2D eigenvalue weighted by molar-refractivity contribution is 7.99. The molecule has 0 fully saturated rings. The topological polar surface area (TPSA) is 90.0 Å². The van der Waals surface area contributed by atoms with Crippen molar-refractivity contribution in [2.45, 2.75) is 31.3 Å². The van der Waals surface area contributed by atoms with E-state index in [9.17, 15) is 9.59 Å². The van der Waals surface area contributed by atoms with E-state index in [0.717, 1.165) is 40.7 Å². The minimum Gasteiger partial charge on any atom is -0.294 e. The van der Waals surface area contributed by atoms with E-state index < -0.39 is 0 Å². The Kier molecular flexibility index (Phi) is 5.03. The van der Waals surface area contributed by atoms with Gasteiger partial charge in [-0.2, -0.15) is 0 Å². The second-order valence-corrected chi connectivity index (χ2v) is 8.78. The summed E-state index contributed by atoms with van der Waals surface area (Å²) in [5.41, 5.74) is 3.96. The number of rotatable bonds is 4. The van der Waals surface area contributed by atoms with Crippen LogP contribution in [0.15, 0.2) is 40.3 Å². The van der Waals surface area contributed by atoms with Gasteiger partial charge in [0.25, 0.3) is 5.56 Å². The first-order chi connectivity index (χ1) is 13.1. The predicted octanol–water partition coefficient (Wildman–Crippen LogP) is 2.65. The summed E-state index contributed by atoms with van der Waals surface area (Å²) in [5, 5.41) is 1.24. The van der Waals surface area contributed by atoms with Crippen molar-refractivity contribution >= 4 is 39.2 Å². The number of hydrazine groups is 1. The zero-order valence-electron chi connectivity index (χ0n) is 14.9. The summed E-state index contributed by atoms with van der Waals surface area (Å²) in [5.74, 6) is 5.60. The number of fused-ring (bicyclic) bond motifs is 3. The van der Waals surface area contributed by atoms with Gasteiger partial charge < -0.3 is 0 Å². The first-order valence-electron chi connectivity index (χ1n) is 8.83. The average molecular weight is 401 g/mol. The van der Waals surface area contributed by atoms with Crippen LogP contribution in [0.4, 0.5) is 0 Å². The molecule has 0 radical (unpaired) electrons. The molecular weight excluding hydrogens is 380 g/mol. The molecular formula is C19H20N4O2S2. The first kappa shape index (κ1) is 18.2. The van der Waals surface area contributed by atoms with Crippen LogP contribution in [-0.2, 0) is 17.6 Å². The highest BCUT2D eigenvalue weighted by Crippen LogP contribution is 2.36. The van der Waals surface area contributed by atoms with Crippen molar-refractivity contribution in [2.24, 2.45) is 11.8 Å². The van der Waals surface area contributed by atoms with Gasteiger partial charge in [0.15, 0.2) is 5.16 Å². The number of hydrogen-bond acceptors (Lipinski definition) is 6. The number of nitrogens with zero attached hydrogens (tertiary/aromatic N) is 2. The van der Waals surface area contributed by atoms with E-state index in [1.165, 1.54) is 16.6 Å². The number of para-hydroxylation sites is 1. The third kappa shape index (κ3) is 3.40. The number of amides is 1. The van der Waals surface area contributed by atoms with Crippen molar-refractivity contribution in [3.05, 3.63) is 51.1 Å². The molecule has 1 aliphatic carbocycles. The lowest BCUT2D eigenvalue weighted by Crippen LogP contribution is -2.32. The smallest absolute Gasteiger partial charge is 0.267 e. The maximum absolute atomic E-state index is 13.5. The number of carbonyl (C=O) groups is 1. The Labute approximate surface area is 164 Å². The summed E-state index contributed by atoms with van der Waals surface area (Å²) in [6.07, 6.45) is 3.01. The number of aryl methyl sites for hydroxylation is 1. The molecule has 2 heterocycles. The van der Waals surface area contributed by atoms with Crippen molar-refractivity contribution in [1.82, 2.24) is 15.0 Å². The molecule has 0 aliphatic heterocycles. The average Bonchev–Trinajstić information content (AvgIpc) is 3.04. The van der Waals surface area contributed by atoms with Crippen LogP contribution >= 0.6 is 23.1 Å². The van der Waals surface area contributed by atoms with Gasteiger partial charge in [-0.05, 0) is 42.9 Å². The number of nitrogens with two attached hydrogens (primary N) is 1. The lowest BCUT2D eigenvalue weighted by molar-refractivity contribution is -0.118. The third-order valence-corrected chi connectivity index (χ3v) is 6.89. The fourth-order valence-corrected chi connectivity index (χ4v) is 5.69. The van der Waals surface area contributed by atoms with Gasteiger partial charge in [0, 0.05) is 4.88 Å². The van der Waals surface area contributed by atoms with Crippen molar-refractivity contribution < 1.29 is 4.79 Å². The van der Waals surface area contributed by atoms with Crippen LogP contribution in [0.3, 0.4) is 0 Å². The number of carbonyl (C=O) groups excluding carboxylic acids is 1. The van der Waals surface area contributed by atoms with Gasteiger partial charge >= 0.3 is 0 Å². The molecule has 4 rings (SSSR count). The Morgan fingerprint density at radius 2 is 2.19 bits per heavy atom. The molecule has 1 aromatic carbocycles. The molecule has 1 aliphatic rings. The molecule has 0 saturated carbocycles. The number of nitrogens with one attached hydrogen (secondary N) is 1. The lowest BCUT2D eigenvalue weighted by Gasteiger charge is -2.17. The molecule has 0 saturated heterocycles. The van der Waals surface area contributed by atoms with Gasteiger partial charge in [-0.15, -0.1) is 11.3 Å². The van der Waals surface area contributed by atoms with Gasteiger partial charge in [-0.1, -0.05) is 36.9 Å². The van der Waals surface area contributed by atoms with Crippen molar-refractivity contribution in [3.63, 3.8) is 0 Å². The maximum Gasteiger partial charge on any atom is 0.267 e. The van der Waals surface area contributed by atoms with Crippen LogP contribution in [0.25, 0.3) is 15.9 Å².